The molecule has 2 aromatic rings. The zero-order chi connectivity index (χ0) is 15.7. The Balaban J connectivity index is 2.14. The van der Waals surface area contributed by atoms with Crippen molar-refractivity contribution in [3.63, 3.8) is 0 Å². The second kappa shape index (κ2) is 5.33. The van der Waals surface area contributed by atoms with E-state index in [-0.39, 0.29) is 22.9 Å². The van der Waals surface area contributed by atoms with Crippen molar-refractivity contribution < 1.29 is 14.4 Å². The number of pyridine rings is 2. The number of rotatable bonds is 2. The molecule has 1 N–H and O–H groups in total. The van der Waals surface area contributed by atoms with Gasteiger partial charge in [-0.05, 0) is 24.3 Å². The minimum absolute atomic E-state index is 0.177. The molecule has 108 valence electrons. The molecular weight excluding hydrogens is 282 g/mol. The van der Waals surface area contributed by atoms with Crippen LogP contribution in [0.3, 0.4) is 0 Å². The summed E-state index contributed by atoms with van der Waals surface area (Å²) in [6.45, 7) is 1.32. The maximum Gasteiger partial charge on any atom is 0.235 e. The Morgan fingerprint density at radius 1 is 1.09 bits per heavy atom. The first kappa shape index (κ1) is 13.8. The molecule has 0 saturated heterocycles. The Morgan fingerprint density at radius 3 is 2.59 bits per heavy atom. The number of hydrogen-bond acceptors (Lipinski definition) is 5. The van der Waals surface area contributed by atoms with Crippen LogP contribution in [0.2, 0.25) is 0 Å². The van der Waals surface area contributed by atoms with Gasteiger partial charge in [-0.2, -0.15) is 0 Å². The van der Waals surface area contributed by atoms with Gasteiger partial charge in [0.25, 0.3) is 0 Å². The van der Waals surface area contributed by atoms with Crippen molar-refractivity contribution in [1.82, 2.24) is 15.3 Å². The number of hydrogen-bond donors (Lipinski definition) is 1. The normalized spacial score (nSPS) is 13.4. The first-order valence-corrected chi connectivity index (χ1v) is 6.57. The summed E-state index contributed by atoms with van der Waals surface area (Å²) < 4.78 is 0. The fourth-order valence-corrected chi connectivity index (χ4v) is 2.19. The molecule has 3 rings (SSSR count). The highest BCUT2D eigenvalue weighted by Gasteiger charge is 2.28. The van der Waals surface area contributed by atoms with Crippen LogP contribution in [0.1, 0.15) is 23.0 Å². The quantitative estimate of drug-likeness (QED) is 0.845. The van der Waals surface area contributed by atoms with Crippen LogP contribution in [0.15, 0.2) is 42.6 Å². The summed E-state index contributed by atoms with van der Waals surface area (Å²) >= 11 is 0. The van der Waals surface area contributed by atoms with E-state index in [4.69, 9.17) is 0 Å². The van der Waals surface area contributed by atoms with E-state index in [1.54, 1.807) is 24.4 Å². The van der Waals surface area contributed by atoms with Gasteiger partial charge < -0.3 is 5.32 Å². The number of carbonyl (C=O) groups is 3. The third kappa shape index (κ3) is 2.42. The van der Waals surface area contributed by atoms with Crippen molar-refractivity contribution in [3.8, 4) is 11.4 Å². The van der Waals surface area contributed by atoms with Gasteiger partial charge in [0.05, 0.1) is 28.3 Å². The predicted molar refractivity (Wildman–Crippen MR) is 78.6 cm³/mol. The van der Waals surface area contributed by atoms with E-state index in [9.17, 15) is 14.4 Å². The van der Waals surface area contributed by atoms with Crippen LogP contribution in [0.25, 0.3) is 17.1 Å². The first-order valence-electron chi connectivity index (χ1n) is 6.57. The summed E-state index contributed by atoms with van der Waals surface area (Å²) in [5.41, 5.74) is 1.87. The smallest absolute Gasteiger partial charge is 0.235 e. The number of carbonyl (C=O) groups excluding carboxylic acids is 3. The maximum atomic E-state index is 11.9. The molecular formula is C16H11N3O3. The van der Waals surface area contributed by atoms with Crippen LogP contribution in [-0.2, 0) is 9.59 Å². The van der Waals surface area contributed by atoms with Crippen LogP contribution in [0.5, 0.6) is 0 Å². The molecule has 0 aromatic carbocycles. The molecule has 22 heavy (non-hydrogen) atoms. The van der Waals surface area contributed by atoms with Crippen molar-refractivity contribution in [1.29, 1.82) is 0 Å². The summed E-state index contributed by atoms with van der Waals surface area (Å²) in [7, 11) is 0. The molecule has 1 aliphatic rings. The van der Waals surface area contributed by atoms with Gasteiger partial charge in [0, 0.05) is 19.2 Å². The Kier molecular flexibility index (Phi) is 3.34. The van der Waals surface area contributed by atoms with E-state index in [1.807, 2.05) is 6.07 Å². The zero-order valence-corrected chi connectivity index (χ0v) is 11.7. The van der Waals surface area contributed by atoms with Crippen molar-refractivity contribution >= 4 is 23.2 Å². The van der Waals surface area contributed by atoms with Gasteiger partial charge in [-0.3, -0.25) is 19.4 Å². The lowest BCUT2D eigenvalue weighted by molar-refractivity contribution is -0.117. The van der Waals surface area contributed by atoms with E-state index in [0.717, 1.165) is 6.08 Å². The molecule has 0 saturated carbocycles. The van der Waals surface area contributed by atoms with Gasteiger partial charge in [-0.15, -0.1) is 0 Å². The Labute approximate surface area is 125 Å². The number of ketones is 2. The highest BCUT2D eigenvalue weighted by atomic mass is 16.2. The second-order valence-corrected chi connectivity index (χ2v) is 4.74. The van der Waals surface area contributed by atoms with E-state index >= 15 is 0 Å². The van der Waals surface area contributed by atoms with Crippen LogP contribution < -0.4 is 5.32 Å². The third-order valence-electron chi connectivity index (χ3n) is 3.13. The lowest BCUT2D eigenvalue weighted by Gasteiger charge is -2.16. The molecule has 2 aromatic heterocycles. The fraction of sp³-hybridized carbons (Fsp3) is 0.0625. The summed E-state index contributed by atoms with van der Waals surface area (Å²) in [4.78, 5) is 43.5. The molecule has 6 nitrogen and oxygen atoms in total. The van der Waals surface area contributed by atoms with Crippen molar-refractivity contribution in [2.75, 3.05) is 0 Å². The molecule has 0 unspecified atom stereocenters. The van der Waals surface area contributed by atoms with Gasteiger partial charge in [-0.25, -0.2) is 4.98 Å². The fourth-order valence-electron chi connectivity index (χ4n) is 2.19. The summed E-state index contributed by atoms with van der Waals surface area (Å²) in [6.07, 6.45) is 2.73. The Hall–Kier alpha value is -3.15. The molecule has 0 bridgehead atoms. The minimum Gasteiger partial charge on any atom is -0.324 e. The monoisotopic (exact) mass is 293 g/mol. The van der Waals surface area contributed by atoms with Crippen molar-refractivity contribution in [3.05, 3.63) is 53.9 Å². The Morgan fingerprint density at radius 2 is 1.91 bits per heavy atom. The average molecular weight is 293 g/mol. The zero-order valence-electron chi connectivity index (χ0n) is 11.7. The minimum atomic E-state index is -0.677. The van der Waals surface area contributed by atoms with Crippen LogP contribution in [0, 0.1) is 0 Å². The van der Waals surface area contributed by atoms with Gasteiger partial charge in [0.1, 0.15) is 0 Å². The average Bonchev–Trinajstić information content (AvgIpc) is 2.52. The Bertz CT molecular complexity index is 826. The molecule has 1 aliphatic carbocycles. The van der Waals surface area contributed by atoms with E-state index in [0.29, 0.717) is 11.4 Å². The molecule has 2 heterocycles. The number of allylic oxidation sites excluding steroid dienone is 1. The van der Waals surface area contributed by atoms with Gasteiger partial charge in [0.15, 0.2) is 0 Å². The van der Waals surface area contributed by atoms with Crippen molar-refractivity contribution in [2.24, 2.45) is 0 Å². The van der Waals surface area contributed by atoms with Crippen LogP contribution in [-0.4, -0.2) is 27.4 Å². The number of nitrogens with one attached hydrogen (secondary N) is 1. The van der Waals surface area contributed by atoms with E-state index < -0.39 is 11.6 Å². The summed E-state index contributed by atoms with van der Waals surface area (Å²) in [5.74, 6) is -1.66. The number of amides is 1. The van der Waals surface area contributed by atoms with Crippen molar-refractivity contribution in [2.45, 2.75) is 6.92 Å². The summed E-state index contributed by atoms with van der Waals surface area (Å²) in [5, 5.41) is 2.53. The summed E-state index contributed by atoms with van der Waals surface area (Å²) in [6, 6.07) is 8.55. The van der Waals surface area contributed by atoms with Gasteiger partial charge in [0.2, 0.25) is 17.5 Å². The molecule has 0 aliphatic heterocycles. The number of nitrogens with zero attached hydrogens (tertiary/aromatic N) is 2. The molecule has 0 spiro atoms. The molecule has 0 atom stereocenters. The molecule has 0 fully saturated rings. The second-order valence-electron chi connectivity index (χ2n) is 4.74. The number of fused-ring (bicyclic) bond motifs is 1. The van der Waals surface area contributed by atoms with Gasteiger partial charge >= 0.3 is 0 Å². The topological polar surface area (TPSA) is 89.0 Å². The number of Topliss-reactive ketones (excluding diaryl/α,β-unsaturated/α-hetero) is 1. The third-order valence-corrected chi connectivity index (χ3v) is 3.13. The van der Waals surface area contributed by atoms with Crippen LogP contribution in [0.4, 0.5) is 0 Å². The SMILES string of the molecule is CC(=O)NC1=CC(=O)C(=O)c2ccc(-c3ccccn3)nc21. The highest BCUT2D eigenvalue weighted by Crippen LogP contribution is 2.25. The lowest BCUT2D eigenvalue weighted by atomic mass is 9.96. The standard InChI is InChI=1S/C16H11N3O3/c1-9(20)18-13-8-14(21)16(22)10-5-6-12(19-15(10)13)11-4-2-3-7-17-11/h2-8H,1H3,(H,18,20). The lowest BCUT2D eigenvalue weighted by Crippen LogP contribution is -2.27. The molecule has 1 amide bonds. The van der Waals surface area contributed by atoms with Gasteiger partial charge in [-0.1, -0.05) is 6.07 Å². The van der Waals surface area contributed by atoms with Crippen LogP contribution >= 0.6 is 0 Å². The predicted octanol–water partition coefficient (Wildman–Crippen LogP) is 1.39. The highest BCUT2D eigenvalue weighted by molar-refractivity contribution is 6.50. The molecule has 0 radical (unpaired) electrons. The van der Waals surface area contributed by atoms with E-state index in [2.05, 4.69) is 15.3 Å². The van der Waals surface area contributed by atoms with E-state index in [1.165, 1.54) is 13.0 Å². The number of aromatic nitrogens is 2. The first-order chi connectivity index (χ1) is 10.6. The molecule has 6 heteroatoms. The maximum absolute atomic E-state index is 11.9. The largest absolute Gasteiger partial charge is 0.324 e.